The fraction of sp³-hybridized carbons (Fsp3) is 0.241. The second-order valence-electron chi connectivity index (χ2n) is 9.71. The van der Waals surface area contributed by atoms with Gasteiger partial charge in [-0.25, -0.2) is 13.4 Å². The van der Waals surface area contributed by atoms with Crippen LogP contribution in [0.4, 0.5) is 0 Å². The minimum atomic E-state index is -3.68. The molecular formula is C29H28N2O3S3. The van der Waals surface area contributed by atoms with E-state index < -0.39 is 21.7 Å². The first kappa shape index (κ1) is 27.1. The van der Waals surface area contributed by atoms with E-state index in [0.29, 0.717) is 10.6 Å². The Kier molecular flexibility index (Phi) is 8.20. The standard InChI is InChI=1S/C29H28N2O3S3/c1-29(2,3)21-11-13-23(14-12-21)37(33,34)19-22(32)18-36-28-25(17-30)24(20-8-5-4-6-9-20)16-26(31-28)27-10-7-15-35-27/h4-16,22,32H,18-19H2,1-3H3. The summed E-state index contributed by atoms with van der Waals surface area (Å²) in [5.74, 6) is -0.323. The average Bonchev–Trinajstić information content (AvgIpc) is 3.42. The van der Waals surface area contributed by atoms with E-state index in [4.69, 9.17) is 4.98 Å². The topological polar surface area (TPSA) is 91.1 Å². The summed E-state index contributed by atoms with van der Waals surface area (Å²) in [4.78, 5) is 5.87. The Morgan fingerprint density at radius 1 is 1.05 bits per heavy atom. The maximum Gasteiger partial charge on any atom is 0.180 e. The molecule has 1 N–H and O–H groups in total. The Balaban J connectivity index is 1.57. The van der Waals surface area contributed by atoms with Gasteiger partial charge in [0.05, 0.1) is 32.9 Å². The fourth-order valence-electron chi connectivity index (χ4n) is 3.87. The average molecular weight is 549 g/mol. The summed E-state index contributed by atoms with van der Waals surface area (Å²) in [5.41, 5.74) is 3.74. The third-order valence-corrected chi connectivity index (χ3v) is 9.69. The molecule has 2 heterocycles. The molecule has 0 amide bonds. The van der Waals surface area contributed by atoms with Gasteiger partial charge in [-0.2, -0.15) is 5.26 Å². The number of thioether (sulfide) groups is 1. The van der Waals surface area contributed by atoms with Crippen molar-refractivity contribution in [2.75, 3.05) is 11.5 Å². The van der Waals surface area contributed by atoms with Gasteiger partial charge in [0, 0.05) is 11.3 Å². The molecule has 0 spiro atoms. The SMILES string of the molecule is CC(C)(C)c1ccc(S(=O)(=O)CC(O)CSc2nc(-c3cccs3)cc(-c3ccccc3)c2C#N)cc1. The lowest BCUT2D eigenvalue weighted by Gasteiger charge is -2.19. The first-order chi connectivity index (χ1) is 17.6. The second-order valence-corrected chi connectivity index (χ2v) is 13.7. The Bertz CT molecular complexity index is 1500. The largest absolute Gasteiger partial charge is 0.391 e. The molecule has 0 fully saturated rings. The molecule has 0 aliphatic rings. The van der Waals surface area contributed by atoms with Crippen LogP contribution >= 0.6 is 23.1 Å². The van der Waals surface area contributed by atoms with Crippen molar-refractivity contribution in [3.8, 4) is 27.8 Å². The predicted octanol–water partition coefficient (Wildman–Crippen LogP) is 6.57. The number of aromatic nitrogens is 1. The van der Waals surface area contributed by atoms with Crippen LogP contribution in [0, 0.1) is 11.3 Å². The van der Waals surface area contributed by atoms with Gasteiger partial charge in [0.2, 0.25) is 0 Å². The van der Waals surface area contributed by atoms with Crippen LogP contribution in [0.5, 0.6) is 0 Å². The minimum absolute atomic E-state index is 0.0832. The molecule has 8 heteroatoms. The number of nitriles is 1. The summed E-state index contributed by atoms with van der Waals surface area (Å²) in [6.07, 6.45) is -1.13. The molecule has 0 aliphatic carbocycles. The van der Waals surface area contributed by atoms with Gasteiger partial charge in [0.15, 0.2) is 9.84 Å². The number of thiophene rings is 1. The summed E-state index contributed by atoms with van der Waals surface area (Å²) in [6.45, 7) is 6.20. The number of aliphatic hydroxyl groups excluding tert-OH is 1. The molecule has 0 saturated heterocycles. The van der Waals surface area contributed by atoms with E-state index in [2.05, 4.69) is 26.8 Å². The molecule has 190 valence electrons. The molecule has 0 aliphatic heterocycles. The van der Waals surface area contributed by atoms with Gasteiger partial charge in [-0.05, 0) is 46.2 Å². The molecule has 0 saturated carbocycles. The molecule has 1 unspecified atom stereocenters. The van der Waals surface area contributed by atoms with E-state index in [9.17, 15) is 18.8 Å². The number of pyridine rings is 1. The number of nitrogens with zero attached hydrogens (tertiary/aromatic N) is 2. The Morgan fingerprint density at radius 3 is 2.35 bits per heavy atom. The molecule has 4 aromatic rings. The normalized spacial score (nSPS) is 12.7. The van der Waals surface area contributed by atoms with Crippen molar-refractivity contribution in [3.63, 3.8) is 0 Å². The van der Waals surface area contributed by atoms with E-state index in [-0.39, 0.29) is 16.1 Å². The van der Waals surface area contributed by atoms with Crippen molar-refractivity contribution in [1.82, 2.24) is 4.98 Å². The minimum Gasteiger partial charge on any atom is -0.391 e. The monoisotopic (exact) mass is 548 g/mol. The maximum atomic E-state index is 13.0. The third kappa shape index (κ3) is 6.49. The smallest absolute Gasteiger partial charge is 0.180 e. The summed E-state index contributed by atoms with van der Waals surface area (Å²) >= 11 is 2.75. The molecule has 2 aromatic heterocycles. The number of sulfone groups is 1. The lowest BCUT2D eigenvalue weighted by molar-refractivity contribution is 0.222. The first-order valence-corrected chi connectivity index (χ1v) is 15.3. The zero-order valence-electron chi connectivity index (χ0n) is 20.9. The molecule has 5 nitrogen and oxygen atoms in total. The molecular weight excluding hydrogens is 521 g/mol. The molecule has 0 bridgehead atoms. The van der Waals surface area contributed by atoms with E-state index in [1.54, 1.807) is 23.5 Å². The van der Waals surface area contributed by atoms with Gasteiger partial charge in [-0.15, -0.1) is 23.1 Å². The zero-order chi connectivity index (χ0) is 26.6. The van der Waals surface area contributed by atoms with Crippen LogP contribution in [0.25, 0.3) is 21.7 Å². The first-order valence-electron chi connectivity index (χ1n) is 11.8. The van der Waals surface area contributed by atoms with Crippen molar-refractivity contribution in [3.05, 3.63) is 89.3 Å². The summed E-state index contributed by atoms with van der Waals surface area (Å²) in [6, 6.07) is 24.5. The van der Waals surface area contributed by atoms with Crippen LogP contribution in [-0.4, -0.2) is 36.1 Å². The summed E-state index contributed by atoms with van der Waals surface area (Å²) in [5, 5.41) is 23.1. The highest BCUT2D eigenvalue weighted by atomic mass is 32.2. The highest BCUT2D eigenvalue weighted by Crippen LogP contribution is 2.35. The van der Waals surface area contributed by atoms with Gasteiger partial charge >= 0.3 is 0 Å². The Morgan fingerprint density at radius 2 is 1.76 bits per heavy atom. The lowest BCUT2D eigenvalue weighted by Crippen LogP contribution is -2.23. The van der Waals surface area contributed by atoms with Crippen molar-refractivity contribution in [2.24, 2.45) is 0 Å². The molecule has 4 rings (SSSR count). The van der Waals surface area contributed by atoms with Crippen molar-refractivity contribution in [2.45, 2.75) is 42.2 Å². The summed E-state index contributed by atoms with van der Waals surface area (Å²) in [7, 11) is -3.68. The number of aliphatic hydroxyl groups is 1. The second kappa shape index (κ2) is 11.2. The van der Waals surface area contributed by atoms with E-state index >= 15 is 0 Å². The summed E-state index contributed by atoms with van der Waals surface area (Å²) < 4.78 is 25.9. The number of hydrogen-bond acceptors (Lipinski definition) is 7. The highest BCUT2D eigenvalue weighted by Gasteiger charge is 2.23. The van der Waals surface area contributed by atoms with Crippen LogP contribution in [-0.2, 0) is 15.3 Å². The fourth-order valence-corrected chi connectivity index (χ4v) is 7.00. The van der Waals surface area contributed by atoms with Gasteiger partial charge in [-0.1, -0.05) is 69.3 Å². The molecule has 1 atom stereocenters. The predicted molar refractivity (Wildman–Crippen MR) is 152 cm³/mol. The van der Waals surface area contributed by atoms with E-state index in [1.807, 2.05) is 66.0 Å². The van der Waals surface area contributed by atoms with Crippen LogP contribution in [0.3, 0.4) is 0 Å². The van der Waals surface area contributed by atoms with Crippen molar-refractivity contribution < 1.29 is 13.5 Å². The Labute approximate surface area is 226 Å². The van der Waals surface area contributed by atoms with E-state index in [1.165, 1.54) is 11.8 Å². The van der Waals surface area contributed by atoms with Gasteiger partial charge in [0.1, 0.15) is 11.1 Å². The molecule has 2 aromatic carbocycles. The van der Waals surface area contributed by atoms with Crippen LogP contribution in [0.1, 0.15) is 31.9 Å². The Hall–Kier alpha value is -2.96. The van der Waals surface area contributed by atoms with Crippen LogP contribution in [0.15, 0.2) is 88.1 Å². The highest BCUT2D eigenvalue weighted by molar-refractivity contribution is 7.99. The van der Waals surface area contributed by atoms with Crippen molar-refractivity contribution in [1.29, 1.82) is 5.26 Å². The van der Waals surface area contributed by atoms with Gasteiger partial charge < -0.3 is 5.11 Å². The number of benzene rings is 2. The zero-order valence-corrected chi connectivity index (χ0v) is 23.3. The quantitative estimate of drug-likeness (QED) is 0.250. The third-order valence-electron chi connectivity index (χ3n) is 5.86. The number of rotatable bonds is 8. The van der Waals surface area contributed by atoms with E-state index in [0.717, 1.165) is 27.3 Å². The maximum absolute atomic E-state index is 13.0. The van der Waals surface area contributed by atoms with Crippen LogP contribution < -0.4 is 0 Å². The van der Waals surface area contributed by atoms with Gasteiger partial charge in [-0.3, -0.25) is 0 Å². The van der Waals surface area contributed by atoms with Crippen LogP contribution in [0.2, 0.25) is 0 Å². The lowest BCUT2D eigenvalue weighted by atomic mass is 9.87. The van der Waals surface area contributed by atoms with Gasteiger partial charge in [0.25, 0.3) is 0 Å². The molecule has 37 heavy (non-hydrogen) atoms. The van der Waals surface area contributed by atoms with Crippen molar-refractivity contribution >= 4 is 32.9 Å². The number of hydrogen-bond donors (Lipinski definition) is 1. The molecule has 0 radical (unpaired) electrons.